The summed E-state index contributed by atoms with van der Waals surface area (Å²) in [6, 6.07) is 33.2. The smallest absolute Gasteiger partial charge is 0.248 e. The normalized spacial score (nSPS) is 12.7. The lowest BCUT2D eigenvalue weighted by molar-refractivity contribution is 0.176. The molecule has 4 aromatic carbocycles. The van der Waals surface area contributed by atoms with Crippen molar-refractivity contribution in [2.45, 2.75) is 25.2 Å². The maximum absolute atomic E-state index is 11.6. The Morgan fingerprint density at radius 1 is 0.854 bits per heavy atom. The average Bonchev–Trinajstić information content (AvgIpc) is 3.00. The Bertz CT molecular complexity index is 1630. The van der Waals surface area contributed by atoms with Crippen LogP contribution in [0.25, 0.3) is 10.9 Å². The van der Waals surface area contributed by atoms with Crippen LogP contribution in [0.1, 0.15) is 40.0 Å². The van der Waals surface area contributed by atoms with E-state index < -0.39 is 6.10 Å². The fourth-order valence-electron chi connectivity index (χ4n) is 5.05. The molecule has 41 heavy (non-hydrogen) atoms. The van der Waals surface area contributed by atoms with Gasteiger partial charge in [0.1, 0.15) is 18.1 Å². The largest absolute Gasteiger partial charge is 0.506 e. The van der Waals surface area contributed by atoms with Gasteiger partial charge in [0.05, 0.1) is 17.7 Å². The highest BCUT2D eigenvalue weighted by atomic mass is 16.5. The van der Waals surface area contributed by atoms with Gasteiger partial charge in [-0.15, -0.1) is 0 Å². The molecule has 5 N–H and O–H groups in total. The van der Waals surface area contributed by atoms with Crippen molar-refractivity contribution in [3.63, 3.8) is 0 Å². The second-order valence-electron chi connectivity index (χ2n) is 10.1. The molecule has 210 valence electrons. The topological polar surface area (TPSA) is 107 Å². The van der Waals surface area contributed by atoms with Gasteiger partial charge in [0.25, 0.3) is 0 Å². The number of hydrogen-bond donors (Lipinski definition) is 5. The molecule has 1 heterocycles. The zero-order valence-electron chi connectivity index (χ0n) is 23.0. The van der Waals surface area contributed by atoms with Crippen LogP contribution < -0.4 is 20.9 Å². The van der Waals surface area contributed by atoms with Gasteiger partial charge in [0.15, 0.2) is 0 Å². The first-order chi connectivity index (χ1) is 20.0. The highest BCUT2D eigenvalue weighted by Crippen LogP contribution is 2.29. The highest BCUT2D eigenvalue weighted by molar-refractivity contribution is 5.87. The van der Waals surface area contributed by atoms with Gasteiger partial charge in [-0.05, 0) is 72.1 Å². The number of pyridine rings is 1. The molecule has 0 aliphatic rings. The number of aromatic nitrogens is 1. The lowest BCUT2D eigenvalue weighted by Gasteiger charge is -2.18. The van der Waals surface area contributed by atoms with Crippen LogP contribution in [0.5, 0.6) is 11.5 Å². The SMILES string of the molecule is CNC(c1ccccc1)c1cccc(OCc2ccc(CCNCC(O)c3ccc(O)c4[nH]c(=O)ccc34)cc2)c1. The molecule has 0 radical (unpaired) electrons. The van der Waals surface area contributed by atoms with Crippen LogP contribution in [0.2, 0.25) is 0 Å². The van der Waals surface area contributed by atoms with Gasteiger partial charge < -0.3 is 30.6 Å². The molecule has 0 aliphatic heterocycles. The van der Waals surface area contributed by atoms with Crippen molar-refractivity contribution in [1.82, 2.24) is 15.6 Å². The number of aliphatic hydroxyl groups is 1. The van der Waals surface area contributed by atoms with Crippen molar-refractivity contribution in [1.29, 1.82) is 0 Å². The van der Waals surface area contributed by atoms with E-state index in [-0.39, 0.29) is 17.4 Å². The molecule has 1 aromatic heterocycles. The van der Waals surface area contributed by atoms with E-state index in [1.165, 1.54) is 23.3 Å². The summed E-state index contributed by atoms with van der Waals surface area (Å²) in [6.07, 6.45) is 0.0304. The predicted octanol–water partition coefficient (Wildman–Crippen LogP) is 4.99. The summed E-state index contributed by atoms with van der Waals surface area (Å²) in [4.78, 5) is 14.3. The third kappa shape index (κ3) is 7.02. The number of phenols is 1. The number of aliphatic hydroxyl groups excluding tert-OH is 1. The number of nitrogens with one attached hydrogen (secondary N) is 3. The first-order valence-electron chi connectivity index (χ1n) is 13.8. The van der Waals surface area contributed by atoms with E-state index in [2.05, 4.69) is 64.1 Å². The summed E-state index contributed by atoms with van der Waals surface area (Å²) in [5.74, 6) is 0.813. The third-order valence-electron chi connectivity index (χ3n) is 7.24. The molecule has 2 unspecified atom stereocenters. The molecule has 5 aromatic rings. The highest BCUT2D eigenvalue weighted by Gasteiger charge is 2.14. The third-order valence-corrected chi connectivity index (χ3v) is 7.24. The van der Waals surface area contributed by atoms with E-state index in [1.54, 1.807) is 12.1 Å². The zero-order valence-corrected chi connectivity index (χ0v) is 23.0. The molecule has 0 aliphatic carbocycles. The second-order valence-corrected chi connectivity index (χ2v) is 10.1. The first-order valence-corrected chi connectivity index (χ1v) is 13.8. The molecular weight excluding hydrogens is 514 g/mol. The minimum absolute atomic E-state index is 0.0190. The molecule has 0 saturated carbocycles. The van der Waals surface area contributed by atoms with Crippen LogP contribution in [0, 0.1) is 0 Å². The van der Waals surface area contributed by atoms with Crippen molar-refractivity contribution < 1.29 is 14.9 Å². The lowest BCUT2D eigenvalue weighted by Crippen LogP contribution is -2.24. The molecule has 0 bridgehead atoms. The van der Waals surface area contributed by atoms with E-state index in [1.807, 2.05) is 37.4 Å². The number of aromatic amines is 1. The van der Waals surface area contributed by atoms with E-state index in [0.29, 0.717) is 36.2 Å². The maximum Gasteiger partial charge on any atom is 0.248 e. The molecular formula is C34H35N3O4. The Morgan fingerprint density at radius 3 is 2.39 bits per heavy atom. The van der Waals surface area contributed by atoms with Gasteiger partial charge >= 0.3 is 0 Å². The standard InChI is InChI=1S/C34H35N3O4/c1-35-33(25-6-3-2-4-7-25)26-8-5-9-27(20-26)41-22-24-12-10-23(11-13-24)18-19-36-21-31(39)28-14-16-30(38)34-29(28)15-17-32(40)37-34/h2-17,20,31,33,35-36,38-39H,18-19,21-22H2,1H3,(H,37,40). The molecule has 7 heteroatoms. The number of benzene rings is 4. The summed E-state index contributed by atoms with van der Waals surface area (Å²) in [5.41, 5.74) is 5.32. The monoisotopic (exact) mass is 549 g/mol. The van der Waals surface area contributed by atoms with Gasteiger partial charge in [-0.2, -0.15) is 0 Å². The van der Waals surface area contributed by atoms with Crippen LogP contribution in [0.4, 0.5) is 0 Å². The Balaban J connectivity index is 1.11. The summed E-state index contributed by atoms with van der Waals surface area (Å²) in [7, 11) is 1.96. The van der Waals surface area contributed by atoms with Gasteiger partial charge in [-0.25, -0.2) is 0 Å². The van der Waals surface area contributed by atoms with Crippen LogP contribution in [-0.2, 0) is 13.0 Å². The number of phenolic OH excluding ortho intramolecular Hbond substituents is 1. The van der Waals surface area contributed by atoms with Crippen molar-refractivity contribution in [3.05, 3.63) is 141 Å². The van der Waals surface area contributed by atoms with Crippen molar-refractivity contribution in [2.24, 2.45) is 0 Å². The number of H-pyrrole nitrogens is 1. The average molecular weight is 550 g/mol. The predicted molar refractivity (Wildman–Crippen MR) is 162 cm³/mol. The summed E-state index contributed by atoms with van der Waals surface area (Å²) >= 11 is 0. The Morgan fingerprint density at radius 2 is 1.61 bits per heavy atom. The summed E-state index contributed by atoms with van der Waals surface area (Å²) in [6.45, 7) is 1.53. The lowest BCUT2D eigenvalue weighted by atomic mass is 9.99. The summed E-state index contributed by atoms with van der Waals surface area (Å²) in [5, 5.41) is 28.1. The van der Waals surface area contributed by atoms with Crippen molar-refractivity contribution in [2.75, 3.05) is 20.1 Å². The number of ether oxygens (including phenoxy) is 1. The van der Waals surface area contributed by atoms with Crippen LogP contribution in [-0.4, -0.2) is 35.3 Å². The van der Waals surface area contributed by atoms with Crippen LogP contribution >= 0.6 is 0 Å². The van der Waals surface area contributed by atoms with Crippen LogP contribution in [0.3, 0.4) is 0 Å². The minimum atomic E-state index is -0.780. The second kappa shape index (κ2) is 13.3. The van der Waals surface area contributed by atoms with Gasteiger partial charge in [0.2, 0.25) is 5.56 Å². The fraction of sp³-hybridized carbons (Fsp3) is 0.206. The fourth-order valence-corrected chi connectivity index (χ4v) is 5.05. The van der Waals surface area contributed by atoms with E-state index in [9.17, 15) is 15.0 Å². The molecule has 2 atom stereocenters. The van der Waals surface area contributed by atoms with Crippen molar-refractivity contribution >= 4 is 10.9 Å². The van der Waals surface area contributed by atoms with Gasteiger partial charge in [0, 0.05) is 18.0 Å². The summed E-state index contributed by atoms with van der Waals surface area (Å²) < 4.78 is 6.11. The van der Waals surface area contributed by atoms with E-state index in [4.69, 9.17) is 4.74 Å². The molecule has 7 nitrogen and oxygen atoms in total. The molecule has 0 saturated heterocycles. The zero-order chi connectivity index (χ0) is 28.6. The van der Waals surface area contributed by atoms with Crippen LogP contribution in [0.15, 0.2) is 108 Å². The maximum atomic E-state index is 11.6. The Hall–Kier alpha value is -4.43. The van der Waals surface area contributed by atoms with E-state index >= 15 is 0 Å². The first kappa shape index (κ1) is 28.1. The molecule has 0 amide bonds. The van der Waals surface area contributed by atoms with Gasteiger partial charge in [-0.3, -0.25) is 4.79 Å². The molecule has 0 fully saturated rings. The number of aromatic hydroxyl groups is 1. The Labute approximate surface area is 239 Å². The number of hydrogen-bond acceptors (Lipinski definition) is 6. The minimum Gasteiger partial charge on any atom is -0.506 e. The number of fused-ring (bicyclic) bond motifs is 1. The molecule has 0 spiro atoms. The Kier molecular flexibility index (Phi) is 9.11. The molecule has 5 rings (SSSR count). The van der Waals surface area contributed by atoms with Gasteiger partial charge in [-0.1, -0.05) is 72.8 Å². The number of rotatable bonds is 12. The quantitative estimate of drug-likeness (QED) is 0.141. The van der Waals surface area contributed by atoms with Crippen molar-refractivity contribution in [3.8, 4) is 11.5 Å². The van der Waals surface area contributed by atoms with E-state index in [0.717, 1.165) is 23.3 Å².